The fourth-order valence-corrected chi connectivity index (χ4v) is 4.46. The Kier molecular flexibility index (Phi) is 5.46. The van der Waals surface area contributed by atoms with Crippen LogP contribution in [0, 0.1) is 5.82 Å². The van der Waals surface area contributed by atoms with Crippen molar-refractivity contribution in [2.45, 2.75) is 19.5 Å². The minimum Gasteiger partial charge on any atom is -0.326 e. The zero-order valence-electron chi connectivity index (χ0n) is 16.0. The van der Waals surface area contributed by atoms with Gasteiger partial charge in [-0.2, -0.15) is 0 Å². The van der Waals surface area contributed by atoms with E-state index in [2.05, 4.69) is 25.9 Å². The molecule has 0 unspecified atom stereocenters. The minimum atomic E-state index is -3.09. The second kappa shape index (κ2) is 7.92. The van der Waals surface area contributed by atoms with Crippen molar-refractivity contribution < 1.29 is 12.8 Å². The molecule has 2 aromatic heterocycles. The van der Waals surface area contributed by atoms with E-state index >= 15 is 0 Å². The summed E-state index contributed by atoms with van der Waals surface area (Å²) >= 11 is 3.44. The average Bonchev–Trinajstić information content (AvgIpc) is 2.99. The molecule has 0 N–H and O–H groups in total. The number of nitrogens with zero attached hydrogens (tertiary/aromatic N) is 4. The Balaban J connectivity index is 1.81. The number of aromatic nitrogens is 4. The Bertz CT molecular complexity index is 1430. The molecule has 0 aliphatic heterocycles. The molecule has 0 radical (unpaired) electrons. The molecule has 10 heteroatoms. The van der Waals surface area contributed by atoms with E-state index < -0.39 is 15.7 Å². The molecule has 4 aromatic rings. The van der Waals surface area contributed by atoms with Gasteiger partial charge in [0, 0.05) is 23.3 Å². The van der Waals surface area contributed by atoms with Crippen molar-refractivity contribution >= 4 is 47.8 Å². The summed E-state index contributed by atoms with van der Waals surface area (Å²) in [5.41, 5.74) is 2.12. The Hall–Kier alpha value is -2.59. The van der Waals surface area contributed by atoms with Crippen LogP contribution in [0.4, 0.5) is 4.39 Å². The fourth-order valence-electron chi connectivity index (χ4n) is 3.45. The number of fused-ring (bicyclic) bond motifs is 2. The molecule has 0 saturated heterocycles. The average molecular weight is 493 g/mol. The van der Waals surface area contributed by atoms with Crippen molar-refractivity contribution in [2.75, 3.05) is 12.0 Å². The molecule has 2 aromatic carbocycles. The summed E-state index contributed by atoms with van der Waals surface area (Å²) in [7, 11) is -3.09. The first-order chi connectivity index (χ1) is 14.2. The maximum absolute atomic E-state index is 13.6. The van der Waals surface area contributed by atoms with Crippen LogP contribution in [-0.2, 0) is 22.9 Å². The smallest absolute Gasteiger partial charge is 0.269 e. The predicted octanol–water partition coefficient (Wildman–Crippen LogP) is 3.13. The first-order valence-corrected chi connectivity index (χ1v) is 12.0. The van der Waals surface area contributed by atoms with E-state index in [1.54, 1.807) is 0 Å². The van der Waals surface area contributed by atoms with Gasteiger partial charge in [-0.15, -0.1) is 0 Å². The van der Waals surface area contributed by atoms with Crippen molar-refractivity contribution in [1.29, 1.82) is 0 Å². The Morgan fingerprint density at radius 1 is 1.07 bits per heavy atom. The van der Waals surface area contributed by atoms with Gasteiger partial charge in [-0.3, -0.25) is 9.36 Å². The normalized spacial score (nSPS) is 12.1. The second-order valence-corrected chi connectivity index (χ2v) is 10.3. The van der Waals surface area contributed by atoms with Crippen LogP contribution in [0.1, 0.15) is 12.2 Å². The van der Waals surface area contributed by atoms with Gasteiger partial charge in [0.1, 0.15) is 21.5 Å². The number of halogens is 2. The highest BCUT2D eigenvalue weighted by Crippen LogP contribution is 2.22. The molecule has 0 saturated carbocycles. The number of rotatable bonds is 6. The highest BCUT2D eigenvalue weighted by molar-refractivity contribution is 9.10. The highest BCUT2D eigenvalue weighted by atomic mass is 79.9. The lowest BCUT2D eigenvalue weighted by atomic mass is 10.3. The fraction of sp³-hybridized carbons (Fsp3) is 0.250. The van der Waals surface area contributed by atoms with Crippen molar-refractivity contribution in [3.05, 3.63) is 69.1 Å². The van der Waals surface area contributed by atoms with E-state index in [0.717, 1.165) is 21.7 Å². The molecular weight excluding hydrogens is 475 g/mol. The molecule has 4 rings (SSSR count). The molecule has 0 amide bonds. The summed E-state index contributed by atoms with van der Waals surface area (Å²) in [5.74, 6) is 0.230. The third kappa shape index (κ3) is 4.29. The summed E-state index contributed by atoms with van der Waals surface area (Å²) in [6.45, 7) is 0.585. The molecule has 0 spiro atoms. The summed E-state index contributed by atoms with van der Waals surface area (Å²) in [4.78, 5) is 21.2. The first-order valence-electron chi connectivity index (χ1n) is 9.19. The molecule has 0 bridgehead atoms. The van der Waals surface area contributed by atoms with Crippen LogP contribution in [0.5, 0.6) is 0 Å². The molecule has 7 nitrogen and oxygen atoms in total. The summed E-state index contributed by atoms with van der Waals surface area (Å²) in [6, 6.07) is 9.74. The number of imidazole rings is 1. The van der Waals surface area contributed by atoms with Crippen LogP contribution in [0.2, 0.25) is 0 Å². The summed E-state index contributed by atoms with van der Waals surface area (Å²) in [5, 5.41) is 0. The van der Waals surface area contributed by atoms with Gasteiger partial charge in [0.05, 0.1) is 40.6 Å². The Morgan fingerprint density at radius 3 is 2.57 bits per heavy atom. The summed E-state index contributed by atoms with van der Waals surface area (Å²) < 4.78 is 41.0. The number of sulfone groups is 1. The molecule has 0 aliphatic rings. The van der Waals surface area contributed by atoms with Gasteiger partial charge in [0.2, 0.25) is 0 Å². The second-order valence-electron chi connectivity index (χ2n) is 7.11. The van der Waals surface area contributed by atoms with Crippen molar-refractivity contribution in [2.24, 2.45) is 0 Å². The van der Waals surface area contributed by atoms with Gasteiger partial charge in [-0.05, 0) is 36.8 Å². The quantitative estimate of drug-likeness (QED) is 0.412. The van der Waals surface area contributed by atoms with Gasteiger partial charge in [-0.25, -0.2) is 22.8 Å². The molecule has 156 valence electrons. The van der Waals surface area contributed by atoms with Gasteiger partial charge in [0.25, 0.3) is 5.56 Å². The Morgan fingerprint density at radius 2 is 1.80 bits per heavy atom. The van der Waals surface area contributed by atoms with Crippen molar-refractivity contribution in [3.63, 3.8) is 0 Å². The van der Waals surface area contributed by atoms with E-state index in [-0.39, 0.29) is 17.9 Å². The van der Waals surface area contributed by atoms with Crippen LogP contribution in [0.15, 0.2) is 51.9 Å². The van der Waals surface area contributed by atoms with Gasteiger partial charge in [-0.1, -0.05) is 15.9 Å². The molecule has 0 aliphatic carbocycles. The lowest BCUT2D eigenvalue weighted by molar-refractivity contribution is 0.586. The highest BCUT2D eigenvalue weighted by Gasteiger charge is 2.15. The van der Waals surface area contributed by atoms with Crippen LogP contribution < -0.4 is 5.56 Å². The topological polar surface area (TPSA) is 86.9 Å². The van der Waals surface area contributed by atoms with Crippen LogP contribution in [0.3, 0.4) is 0 Å². The third-order valence-corrected chi connectivity index (χ3v) is 6.32. The van der Waals surface area contributed by atoms with E-state index in [1.807, 2.05) is 22.8 Å². The van der Waals surface area contributed by atoms with E-state index in [4.69, 9.17) is 0 Å². The Labute approximate surface area is 180 Å². The molecule has 30 heavy (non-hydrogen) atoms. The third-order valence-electron chi connectivity index (χ3n) is 4.79. The molecule has 0 fully saturated rings. The SMILES string of the molecule is CS(=O)(=O)CCCn1c(Cn2c(=O)cnc3cc(F)ccc32)nc2cc(Br)ccc21. The zero-order valence-corrected chi connectivity index (χ0v) is 18.5. The van der Waals surface area contributed by atoms with Crippen LogP contribution >= 0.6 is 15.9 Å². The minimum absolute atomic E-state index is 0.0556. The van der Waals surface area contributed by atoms with E-state index in [9.17, 15) is 17.6 Å². The molecule has 2 heterocycles. The number of hydrogen-bond acceptors (Lipinski definition) is 5. The van der Waals surface area contributed by atoms with Crippen LogP contribution in [-0.4, -0.2) is 39.5 Å². The monoisotopic (exact) mass is 492 g/mol. The zero-order chi connectivity index (χ0) is 21.5. The maximum Gasteiger partial charge on any atom is 0.269 e. The first kappa shape index (κ1) is 20.7. The van der Waals surface area contributed by atoms with E-state index in [1.165, 1.54) is 29.0 Å². The number of aryl methyl sites for hydroxylation is 1. The van der Waals surface area contributed by atoms with Gasteiger partial charge >= 0.3 is 0 Å². The molecular formula is C20H18BrFN4O3S. The van der Waals surface area contributed by atoms with Gasteiger partial charge in [0.15, 0.2) is 0 Å². The van der Waals surface area contributed by atoms with Crippen LogP contribution in [0.25, 0.3) is 22.1 Å². The summed E-state index contributed by atoms with van der Waals surface area (Å²) in [6.07, 6.45) is 2.79. The van der Waals surface area contributed by atoms with Crippen molar-refractivity contribution in [1.82, 2.24) is 19.1 Å². The number of benzene rings is 2. The largest absolute Gasteiger partial charge is 0.326 e. The maximum atomic E-state index is 13.6. The predicted molar refractivity (Wildman–Crippen MR) is 117 cm³/mol. The van der Waals surface area contributed by atoms with E-state index in [0.29, 0.717) is 29.8 Å². The van der Waals surface area contributed by atoms with Gasteiger partial charge < -0.3 is 4.57 Å². The lowest BCUT2D eigenvalue weighted by Gasteiger charge is -2.12. The standard InChI is InChI=1S/C20H18BrFN4O3S/c1-30(28,29)8-2-7-25-18-5-3-13(21)9-16(18)24-19(25)12-26-17-6-4-14(22)10-15(17)23-11-20(26)27/h3-6,9-11H,2,7-8,12H2,1H3. The number of hydrogen-bond donors (Lipinski definition) is 0. The van der Waals surface area contributed by atoms with Crippen molar-refractivity contribution in [3.8, 4) is 0 Å². The molecule has 0 atom stereocenters. The lowest BCUT2D eigenvalue weighted by Crippen LogP contribution is -2.23.